The van der Waals surface area contributed by atoms with Crippen LogP contribution in [0.25, 0.3) is 0 Å². The van der Waals surface area contributed by atoms with Gasteiger partial charge in [-0.3, -0.25) is 4.79 Å². The number of hydrogen-bond donors (Lipinski definition) is 10. The first kappa shape index (κ1) is 25.4. The third kappa shape index (κ3) is 3.60. The highest BCUT2D eigenvalue weighted by molar-refractivity contribution is 5.96. The molecule has 186 valence electrons. The topological polar surface area (TPSA) is 241 Å². The minimum absolute atomic E-state index is 0.234. The fraction of sp³-hybridized carbons (Fsp3) is 0.632. The Morgan fingerprint density at radius 1 is 1.06 bits per heavy atom. The van der Waals surface area contributed by atoms with Gasteiger partial charge in [-0.25, -0.2) is 4.90 Å². The first-order chi connectivity index (χ1) is 14.9. The van der Waals surface area contributed by atoms with Gasteiger partial charge in [-0.05, 0) is 18.8 Å². The lowest BCUT2D eigenvalue weighted by molar-refractivity contribution is -0.420. The number of ketones is 1. The minimum Gasteiger partial charge on any atom is -0.504 e. The number of aliphatic hydroxyl groups is 8. The average Bonchev–Trinajstić information content (AvgIpc) is 2.67. The third-order valence-corrected chi connectivity index (χ3v) is 5.88. The number of carbonyl (C=O) groups excluding carboxylic acids is 1. The lowest BCUT2D eigenvalue weighted by atomic mass is 9.70. The maximum Gasteiger partial charge on any atom is 0.453 e. The van der Waals surface area contributed by atoms with Gasteiger partial charge in [0.25, 0.3) is 5.91 Å². The predicted molar refractivity (Wildman–Crippen MR) is 103 cm³/mol. The molecule has 1 aromatic rings. The molecule has 1 saturated heterocycles. The number of phenolic OH excluding ortho intramolecular Hbond substituents is 2. The quantitative estimate of drug-likeness (QED) is 0.147. The molecule has 0 saturated carbocycles. The summed E-state index contributed by atoms with van der Waals surface area (Å²) < 4.78 is 9.30. The van der Waals surface area contributed by atoms with Gasteiger partial charge in [0.15, 0.2) is 17.1 Å². The molecule has 2 aliphatic heterocycles. The molecule has 33 heavy (non-hydrogen) atoms. The fourth-order valence-electron chi connectivity index (χ4n) is 4.62. The number of phenols is 2. The van der Waals surface area contributed by atoms with Crippen LogP contribution >= 0.6 is 0 Å². The highest BCUT2D eigenvalue weighted by Gasteiger charge is 2.72. The molecule has 0 aromatic heterocycles. The van der Waals surface area contributed by atoms with Crippen molar-refractivity contribution in [1.82, 2.24) is 4.90 Å². The van der Waals surface area contributed by atoms with Crippen molar-refractivity contribution >= 4 is 5.78 Å². The van der Waals surface area contributed by atoms with E-state index in [0.29, 0.717) is 4.90 Å². The standard InChI is InChI=1S/C19H27NO13/c1-7(2)6-16(24)15(23)17(25,26)14-9-8(4-5-20(14)18(16,27)28)10(21)12(32-3)13(11(9)22)33-19(29,30)31/h7,14,21-22,24-31H,4-6H2,1-3H3. The summed E-state index contributed by atoms with van der Waals surface area (Å²) in [5.74, 6) is -12.9. The summed E-state index contributed by atoms with van der Waals surface area (Å²) in [7, 11) is 1.00. The van der Waals surface area contributed by atoms with Gasteiger partial charge in [0.2, 0.25) is 23.1 Å². The number of rotatable bonds is 5. The molecule has 0 amide bonds. The molecule has 0 aliphatic carbocycles. The van der Waals surface area contributed by atoms with Crippen LogP contribution < -0.4 is 9.47 Å². The Hall–Kier alpha value is -2.27. The SMILES string of the molecule is COc1c(O)c2c(c(O)c1OC(O)(O)O)C1N(CC2)C(O)(O)C(O)(CC(C)C)C(=O)C1(O)O. The van der Waals surface area contributed by atoms with Crippen LogP contribution in [0.2, 0.25) is 0 Å². The van der Waals surface area contributed by atoms with Crippen LogP contribution in [0.5, 0.6) is 23.0 Å². The molecule has 14 heteroatoms. The van der Waals surface area contributed by atoms with Gasteiger partial charge >= 0.3 is 6.16 Å². The molecule has 2 atom stereocenters. The van der Waals surface area contributed by atoms with Crippen molar-refractivity contribution in [2.24, 2.45) is 5.92 Å². The summed E-state index contributed by atoms with van der Waals surface area (Å²) in [5, 5.41) is 103. The molecule has 2 unspecified atom stereocenters. The van der Waals surface area contributed by atoms with Gasteiger partial charge in [-0.2, -0.15) is 0 Å². The Bertz CT molecular complexity index is 968. The van der Waals surface area contributed by atoms with Crippen LogP contribution in [0, 0.1) is 5.92 Å². The van der Waals surface area contributed by atoms with Crippen molar-refractivity contribution < 1.29 is 65.3 Å². The van der Waals surface area contributed by atoms with Crippen molar-refractivity contribution in [2.75, 3.05) is 13.7 Å². The van der Waals surface area contributed by atoms with Crippen molar-refractivity contribution in [2.45, 2.75) is 56.2 Å². The van der Waals surface area contributed by atoms with E-state index in [0.717, 1.165) is 7.11 Å². The largest absolute Gasteiger partial charge is 0.504 e. The number of piperidine rings is 1. The zero-order valence-corrected chi connectivity index (χ0v) is 17.9. The normalized spacial score (nSPS) is 26.7. The number of benzene rings is 1. The summed E-state index contributed by atoms with van der Waals surface area (Å²) in [5.41, 5.74) is -3.97. The molecule has 0 radical (unpaired) electrons. The maximum absolute atomic E-state index is 13.0. The molecule has 0 bridgehead atoms. The van der Waals surface area contributed by atoms with Crippen LogP contribution in [0.3, 0.4) is 0 Å². The van der Waals surface area contributed by atoms with E-state index in [9.17, 15) is 55.9 Å². The van der Waals surface area contributed by atoms with Crippen LogP contribution in [0.15, 0.2) is 0 Å². The van der Waals surface area contributed by atoms with E-state index in [2.05, 4.69) is 4.74 Å². The van der Waals surface area contributed by atoms with Crippen molar-refractivity contribution in [1.29, 1.82) is 0 Å². The highest BCUT2D eigenvalue weighted by Crippen LogP contribution is 2.58. The first-order valence-corrected chi connectivity index (χ1v) is 9.86. The van der Waals surface area contributed by atoms with Gasteiger partial charge in [0.05, 0.1) is 7.11 Å². The van der Waals surface area contributed by atoms with E-state index in [4.69, 9.17) is 4.74 Å². The van der Waals surface area contributed by atoms with E-state index in [-0.39, 0.29) is 12.0 Å². The monoisotopic (exact) mass is 477 g/mol. The molecule has 14 nitrogen and oxygen atoms in total. The van der Waals surface area contributed by atoms with Crippen LogP contribution in [-0.2, 0) is 11.2 Å². The summed E-state index contributed by atoms with van der Waals surface area (Å²) in [6.45, 7) is 2.63. The molecule has 0 spiro atoms. The molecule has 1 fully saturated rings. The van der Waals surface area contributed by atoms with E-state index >= 15 is 0 Å². The molecular formula is C19H27NO13. The van der Waals surface area contributed by atoms with Gasteiger partial charge in [0.1, 0.15) is 6.04 Å². The van der Waals surface area contributed by atoms with E-state index < -0.39 is 82.7 Å². The summed E-state index contributed by atoms with van der Waals surface area (Å²) >= 11 is 0. The molecular weight excluding hydrogens is 450 g/mol. The molecule has 1 aromatic carbocycles. The van der Waals surface area contributed by atoms with Crippen molar-refractivity contribution in [3.8, 4) is 23.0 Å². The average molecular weight is 477 g/mol. The zero-order valence-electron chi connectivity index (χ0n) is 17.9. The number of carbonyl (C=O) groups is 1. The number of ether oxygens (including phenoxy) is 2. The Kier molecular flexibility index (Phi) is 5.86. The molecule has 10 N–H and O–H groups in total. The second kappa shape index (κ2) is 7.63. The minimum atomic E-state index is -3.88. The Morgan fingerprint density at radius 2 is 1.64 bits per heavy atom. The van der Waals surface area contributed by atoms with Crippen LogP contribution in [0.1, 0.15) is 37.4 Å². The lowest BCUT2D eigenvalue weighted by Gasteiger charge is -2.57. The second-order valence-corrected chi connectivity index (χ2v) is 8.62. The Balaban J connectivity index is 2.32. The predicted octanol–water partition coefficient (Wildman–Crippen LogP) is -3.35. The first-order valence-electron chi connectivity index (χ1n) is 9.86. The second-order valence-electron chi connectivity index (χ2n) is 8.62. The number of methoxy groups -OCH3 is 1. The van der Waals surface area contributed by atoms with Gasteiger partial charge in [-0.15, -0.1) is 0 Å². The van der Waals surface area contributed by atoms with E-state index in [1.807, 2.05) is 0 Å². The van der Waals surface area contributed by atoms with Gasteiger partial charge < -0.3 is 60.5 Å². The number of Topliss-reactive ketones (excluding diaryl/α,β-unsaturated/α-hetero) is 1. The number of hydrogen-bond acceptors (Lipinski definition) is 14. The molecule has 2 aliphatic rings. The fourth-order valence-corrected chi connectivity index (χ4v) is 4.62. The van der Waals surface area contributed by atoms with Gasteiger partial charge in [-0.1, -0.05) is 13.8 Å². The summed E-state index contributed by atoms with van der Waals surface area (Å²) in [4.78, 5) is 13.5. The Morgan fingerprint density at radius 3 is 2.12 bits per heavy atom. The van der Waals surface area contributed by atoms with E-state index in [1.165, 1.54) is 0 Å². The Labute approximate surface area is 186 Å². The zero-order chi connectivity index (χ0) is 25.3. The summed E-state index contributed by atoms with van der Waals surface area (Å²) in [6.07, 6.45) is -4.75. The van der Waals surface area contributed by atoms with Crippen molar-refractivity contribution in [3.05, 3.63) is 11.1 Å². The highest BCUT2D eigenvalue weighted by atomic mass is 16.9. The summed E-state index contributed by atoms with van der Waals surface area (Å²) in [6, 6.07) is -2.19. The maximum atomic E-state index is 13.0. The smallest absolute Gasteiger partial charge is 0.453 e. The van der Waals surface area contributed by atoms with Gasteiger partial charge in [0, 0.05) is 17.7 Å². The van der Waals surface area contributed by atoms with Crippen LogP contribution in [-0.4, -0.2) is 98.9 Å². The lowest BCUT2D eigenvalue weighted by Crippen LogP contribution is -2.80. The van der Waals surface area contributed by atoms with Crippen molar-refractivity contribution in [3.63, 3.8) is 0 Å². The van der Waals surface area contributed by atoms with E-state index in [1.54, 1.807) is 13.8 Å². The molecule has 2 heterocycles. The van der Waals surface area contributed by atoms with Crippen LogP contribution in [0.4, 0.5) is 0 Å². The number of nitrogens with zero attached hydrogens (tertiary/aromatic N) is 1. The number of aromatic hydroxyl groups is 2. The molecule has 3 rings (SSSR count). The third-order valence-electron chi connectivity index (χ3n) is 5.88. The number of fused-ring (bicyclic) bond motifs is 3.